The van der Waals surface area contributed by atoms with Gasteiger partial charge in [-0.15, -0.1) is 0 Å². The molecule has 0 aromatic heterocycles. The third kappa shape index (κ3) is 2.56. The van der Waals surface area contributed by atoms with Crippen molar-refractivity contribution in [2.24, 2.45) is 0 Å². The Bertz CT molecular complexity index is 424. The molecule has 2 rings (SSSR count). The van der Waals surface area contributed by atoms with Crippen molar-refractivity contribution >= 4 is 5.97 Å². The van der Waals surface area contributed by atoms with Gasteiger partial charge in [0, 0.05) is 0 Å². The molecule has 1 aliphatic rings. The molecule has 1 aromatic carbocycles. The molecule has 98 valence electrons. The molecule has 18 heavy (non-hydrogen) atoms. The zero-order chi connectivity index (χ0) is 13.2. The second-order valence-electron chi connectivity index (χ2n) is 4.99. The second kappa shape index (κ2) is 5.11. The highest BCUT2D eigenvalue weighted by Gasteiger charge is 2.59. The van der Waals surface area contributed by atoms with E-state index >= 15 is 0 Å². The lowest BCUT2D eigenvalue weighted by atomic mass is 9.96. The molecule has 1 heterocycles. The summed E-state index contributed by atoms with van der Waals surface area (Å²) in [6.45, 7) is 6.52. The summed E-state index contributed by atoms with van der Waals surface area (Å²) in [5.41, 5.74) is 1.73. The minimum Gasteiger partial charge on any atom is -0.464 e. The van der Waals surface area contributed by atoms with E-state index in [0.717, 1.165) is 18.4 Å². The van der Waals surface area contributed by atoms with E-state index in [1.807, 2.05) is 38.1 Å². The Balaban J connectivity index is 1.95. The van der Waals surface area contributed by atoms with Crippen molar-refractivity contribution < 1.29 is 14.3 Å². The first-order valence-electron chi connectivity index (χ1n) is 6.49. The van der Waals surface area contributed by atoms with Crippen LogP contribution in [0.5, 0.6) is 0 Å². The molecule has 0 aliphatic carbocycles. The van der Waals surface area contributed by atoms with E-state index in [1.54, 1.807) is 0 Å². The third-order valence-corrected chi connectivity index (χ3v) is 3.39. The highest BCUT2D eigenvalue weighted by molar-refractivity contribution is 5.79. The van der Waals surface area contributed by atoms with Crippen LogP contribution in [0.25, 0.3) is 0 Å². The van der Waals surface area contributed by atoms with Crippen LogP contribution < -0.4 is 0 Å². The molecule has 1 saturated heterocycles. The lowest BCUT2D eigenvalue weighted by Crippen LogP contribution is -2.19. The molecule has 1 aliphatic heterocycles. The zero-order valence-electron chi connectivity index (χ0n) is 11.2. The number of hydrogen-bond donors (Lipinski definition) is 0. The van der Waals surface area contributed by atoms with E-state index in [1.165, 1.54) is 5.56 Å². The maximum Gasteiger partial charge on any atom is 0.338 e. The van der Waals surface area contributed by atoms with E-state index in [2.05, 4.69) is 6.92 Å². The van der Waals surface area contributed by atoms with Gasteiger partial charge in [0.2, 0.25) is 0 Å². The average molecular weight is 248 g/mol. The molecule has 0 radical (unpaired) electrons. The van der Waals surface area contributed by atoms with Crippen LogP contribution >= 0.6 is 0 Å². The molecule has 1 fully saturated rings. The van der Waals surface area contributed by atoms with Crippen LogP contribution in [0, 0.1) is 6.92 Å². The number of carbonyl (C=O) groups excluding carboxylic acids is 1. The summed E-state index contributed by atoms with van der Waals surface area (Å²) in [6.07, 6.45) is 1.48. The fourth-order valence-electron chi connectivity index (χ4n) is 1.98. The Morgan fingerprint density at radius 2 is 2.06 bits per heavy atom. The van der Waals surface area contributed by atoms with Gasteiger partial charge in [-0.1, -0.05) is 43.2 Å². The average Bonchev–Trinajstić information content (AvgIpc) is 3.04. The van der Waals surface area contributed by atoms with Gasteiger partial charge in [0.25, 0.3) is 0 Å². The molecule has 0 saturated carbocycles. The lowest BCUT2D eigenvalue weighted by Gasteiger charge is -2.07. The van der Waals surface area contributed by atoms with Crippen molar-refractivity contribution in [3.63, 3.8) is 0 Å². The van der Waals surface area contributed by atoms with Crippen molar-refractivity contribution in [2.45, 2.75) is 45.3 Å². The molecule has 3 heteroatoms. The summed E-state index contributed by atoms with van der Waals surface area (Å²) in [6, 6.07) is 8.08. The number of hydrogen-bond acceptors (Lipinski definition) is 3. The number of unbranched alkanes of at least 4 members (excludes halogenated alkanes) is 1. The van der Waals surface area contributed by atoms with Gasteiger partial charge in [0.1, 0.15) is 5.60 Å². The topological polar surface area (TPSA) is 38.8 Å². The molecule has 0 bridgehead atoms. The number of rotatable bonds is 5. The minimum absolute atomic E-state index is 0.244. The smallest absolute Gasteiger partial charge is 0.338 e. The largest absolute Gasteiger partial charge is 0.464 e. The first-order valence-corrected chi connectivity index (χ1v) is 6.49. The van der Waals surface area contributed by atoms with E-state index in [9.17, 15) is 4.79 Å². The van der Waals surface area contributed by atoms with Crippen molar-refractivity contribution in [3.05, 3.63) is 35.4 Å². The normalized spacial score (nSPS) is 25.8. The Morgan fingerprint density at radius 3 is 2.67 bits per heavy atom. The summed E-state index contributed by atoms with van der Waals surface area (Å²) >= 11 is 0. The van der Waals surface area contributed by atoms with Gasteiger partial charge in [-0.25, -0.2) is 4.79 Å². The predicted octanol–water partition coefficient (Wildman–Crippen LogP) is 2.95. The third-order valence-electron chi connectivity index (χ3n) is 3.39. The van der Waals surface area contributed by atoms with E-state index in [0.29, 0.717) is 6.61 Å². The standard InChI is InChI=1S/C15H20O3/c1-4-5-10-17-14(16)13-15(3,18-13)12-8-6-11(2)7-9-12/h6-9,13H,4-5,10H2,1-3H3/t13-,15-/m0/s1. The van der Waals surface area contributed by atoms with Gasteiger partial charge in [-0.3, -0.25) is 0 Å². The van der Waals surface area contributed by atoms with Crippen LogP contribution in [0.3, 0.4) is 0 Å². The van der Waals surface area contributed by atoms with Crippen LogP contribution in [0.15, 0.2) is 24.3 Å². The SMILES string of the molecule is CCCCOC(=O)[C@@H]1O[C@@]1(C)c1ccc(C)cc1. The number of carbonyl (C=O) groups is 1. The molecule has 0 N–H and O–H groups in total. The number of benzene rings is 1. The van der Waals surface area contributed by atoms with Gasteiger partial charge in [0.15, 0.2) is 6.10 Å². The quantitative estimate of drug-likeness (QED) is 0.457. The minimum atomic E-state index is -0.503. The summed E-state index contributed by atoms with van der Waals surface area (Å²) < 4.78 is 10.7. The van der Waals surface area contributed by atoms with Crippen LogP contribution in [0.1, 0.15) is 37.8 Å². The fourth-order valence-corrected chi connectivity index (χ4v) is 1.98. The lowest BCUT2D eigenvalue weighted by molar-refractivity contribution is -0.145. The fraction of sp³-hybridized carbons (Fsp3) is 0.533. The van der Waals surface area contributed by atoms with Crippen molar-refractivity contribution in [1.82, 2.24) is 0 Å². The Hall–Kier alpha value is -1.35. The van der Waals surface area contributed by atoms with Crippen LogP contribution in [0.2, 0.25) is 0 Å². The number of aryl methyl sites for hydroxylation is 1. The summed E-state index contributed by atoms with van der Waals surface area (Å²) in [4.78, 5) is 11.8. The number of esters is 1. The number of ether oxygens (including phenoxy) is 2. The maximum absolute atomic E-state index is 11.8. The number of epoxide rings is 1. The molecule has 3 nitrogen and oxygen atoms in total. The molecule has 0 unspecified atom stereocenters. The Labute approximate surface area is 108 Å². The van der Waals surface area contributed by atoms with Gasteiger partial charge < -0.3 is 9.47 Å². The molecule has 2 atom stereocenters. The summed E-state index contributed by atoms with van der Waals surface area (Å²) in [7, 11) is 0. The van der Waals surface area contributed by atoms with Gasteiger partial charge >= 0.3 is 5.97 Å². The first kappa shape index (κ1) is 13.1. The molecular formula is C15H20O3. The predicted molar refractivity (Wildman–Crippen MR) is 69.3 cm³/mol. The van der Waals surface area contributed by atoms with E-state index in [-0.39, 0.29) is 5.97 Å². The van der Waals surface area contributed by atoms with E-state index in [4.69, 9.17) is 9.47 Å². The van der Waals surface area contributed by atoms with Crippen LogP contribution in [-0.2, 0) is 19.9 Å². The van der Waals surface area contributed by atoms with Crippen molar-refractivity contribution in [2.75, 3.05) is 6.61 Å². The summed E-state index contributed by atoms with van der Waals surface area (Å²) in [5.74, 6) is -0.244. The second-order valence-corrected chi connectivity index (χ2v) is 4.99. The first-order chi connectivity index (χ1) is 8.58. The maximum atomic E-state index is 11.8. The van der Waals surface area contributed by atoms with Crippen LogP contribution in [0.4, 0.5) is 0 Å². The highest BCUT2D eigenvalue weighted by atomic mass is 16.7. The monoisotopic (exact) mass is 248 g/mol. The van der Waals surface area contributed by atoms with Crippen molar-refractivity contribution in [1.29, 1.82) is 0 Å². The molecule has 0 amide bonds. The van der Waals surface area contributed by atoms with Gasteiger partial charge in [0.05, 0.1) is 6.61 Å². The van der Waals surface area contributed by atoms with Crippen LogP contribution in [-0.4, -0.2) is 18.7 Å². The molecule has 0 spiro atoms. The van der Waals surface area contributed by atoms with E-state index < -0.39 is 11.7 Å². The highest BCUT2D eigenvalue weighted by Crippen LogP contribution is 2.46. The zero-order valence-corrected chi connectivity index (χ0v) is 11.2. The Kier molecular flexibility index (Phi) is 3.71. The molecular weight excluding hydrogens is 228 g/mol. The van der Waals surface area contributed by atoms with Gasteiger partial charge in [-0.2, -0.15) is 0 Å². The van der Waals surface area contributed by atoms with Gasteiger partial charge in [-0.05, 0) is 25.8 Å². The Morgan fingerprint density at radius 1 is 1.39 bits per heavy atom. The summed E-state index contributed by atoms with van der Waals surface area (Å²) in [5, 5.41) is 0. The van der Waals surface area contributed by atoms with Crippen molar-refractivity contribution in [3.8, 4) is 0 Å². The molecule has 1 aromatic rings.